The van der Waals surface area contributed by atoms with E-state index in [1.54, 1.807) is 11.3 Å². The number of hydrogen-bond acceptors (Lipinski definition) is 3. The molecule has 4 heteroatoms. The highest BCUT2D eigenvalue weighted by molar-refractivity contribution is 9.10. The summed E-state index contributed by atoms with van der Waals surface area (Å²) in [4.78, 5) is 1.15. The molecule has 1 atom stereocenters. The van der Waals surface area contributed by atoms with Crippen LogP contribution in [0.15, 0.2) is 32.5 Å². The highest BCUT2D eigenvalue weighted by Gasteiger charge is 2.13. The van der Waals surface area contributed by atoms with Gasteiger partial charge in [0.1, 0.15) is 17.6 Å². The smallest absolute Gasteiger partial charge is 0.133 e. The van der Waals surface area contributed by atoms with E-state index in [1.165, 1.54) is 0 Å². The number of aliphatic hydroxyl groups is 1. The summed E-state index contributed by atoms with van der Waals surface area (Å²) in [6, 6.07) is 5.80. The summed E-state index contributed by atoms with van der Waals surface area (Å²) in [5, 5.41) is 12.0. The minimum Gasteiger partial charge on any atom is -0.463 e. The van der Waals surface area contributed by atoms with E-state index < -0.39 is 6.10 Å². The molecule has 16 heavy (non-hydrogen) atoms. The van der Waals surface area contributed by atoms with Gasteiger partial charge in [0, 0.05) is 27.6 Å². The van der Waals surface area contributed by atoms with Gasteiger partial charge in [-0.15, -0.1) is 11.3 Å². The zero-order valence-corrected chi connectivity index (χ0v) is 11.3. The molecule has 0 aromatic carbocycles. The summed E-state index contributed by atoms with van der Waals surface area (Å²) < 4.78 is 6.58. The lowest BCUT2D eigenvalue weighted by Gasteiger charge is -2.05. The number of rotatable bonds is 4. The first-order valence-electron chi connectivity index (χ1n) is 5.18. The number of hydrogen-bond donors (Lipinski definition) is 1. The SMILES string of the molecule is CCc1ccc(C(O)Cc2cc(Br)cs2)o1. The van der Waals surface area contributed by atoms with E-state index in [1.807, 2.05) is 30.5 Å². The molecule has 2 aromatic rings. The number of aliphatic hydroxyl groups excluding tert-OH is 1. The van der Waals surface area contributed by atoms with Gasteiger partial charge < -0.3 is 9.52 Å². The molecular weight excluding hydrogens is 288 g/mol. The monoisotopic (exact) mass is 300 g/mol. The number of halogens is 1. The normalized spacial score (nSPS) is 12.9. The van der Waals surface area contributed by atoms with Gasteiger partial charge in [-0.3, -0.25) is 0 Å². The van der Waals surface area contributed by atoms with Crippen LogP contribution >= 0.6 is 27.3 Å². The quantitative estimate of drug-likeness (QED) is 0.928. The zero-order valence-electron chi connectivity index (χ0n) is 8.94. The molecule has 0 bridgehead atoms. The van der Waals surface area contributed by atoms with Crippen molar-refractivity contribution in [2.75, 3.05) is 0 Å². The first kappa shape index (κ1) is 11.9. The van der Waals surface area contributed by atoms with Crippen LogP contribution in [0.4, 0.5) is 0 Å². The Hall–Kier alpha value is -0.580. The fourth-order valence-corrected chi connectivity index (χ4v) is 3.00. The molecule has 0 aliphatic rings. The van der Waals surface area contributed by atoms with E-state index in [9.17, 15) is 5.11 Å². The second-order valence-corrected chi connectivity index (χ2v) is 5.52. The van der Waals surface area contributed by atoms with E-state index in [0.717, 1.165) is 21.5 Å². The van der Waals surface area contributed by atoms with E-state index in [-0.39, 0.29) is 0 Å². The van der Waals surface area contributed by atoms with Crippen LogP contribution in [-0.4, -0.2) is 5.11 Å². The van der Waals surface area contributed by atoms with Crippen LogP contribution in [0.3, 0.4) is 0 Å². The van der Waals surface area contributed by atoms with Gasteiger partial charge in [-0.1, -0.05) is 6.92 Å². The maximum atomic E-state index is 9.99. The number of furan rings is 1. The third-order valence-corrected chi connectivity index (χ3v) is 4.10. The molecule has 0 aliphatic heterocycles. The van der Waals surface area contributed by atoms with Crippen molar-refractivity contribution in [2.45, 2.75) is 25.9 Å². The lowest BCUT2D eigenvalue weighted by molar-refractivity contribution is 0.149. The molecule has 1 N–H and O–H groups in total. The van der Waals surface area contributed by atoms with Crippen LogP contribution in [0.1, 0.15) is 29.4 Å². The van der Waals surface area contributed by atoms with Gasteiger partial charge in [0.05, 0.1) is 0 Å². The van der Waals surface area contributed by atoms with Crippen LogP contribution in [0.25, 0.3) is 0 Å². The second kappa shape index (κ2) is 5.17. The first-order chi connectivity index (χ1) is 7.69. The molecule has 0 aliphatic carbocycles. The molecule has 2 nitrogen and oxygen atoms in total. The molecule has 0 spiro atoms. The average Bonchev–Trinajstić information content (AvgIpc) is 2.87. The molecule has 0 saturated heterocycles. The Balaban J connectivity index is 2.05. The van der Waals surface area contributed by atoms with E-state index in [0.29, 0.717) is 12.2 Å². The first-order valence-corrected chi connectivity index (χ1v) is 6.86. The third kappa shape index (κ3) is 2.75. The fraction of sp³-hybridized carbons (Fsp3) is 0.333. The van der Waals surface area contributed by atoms with Crippen molar-refractivity contribution in [3.63, 3.8) is 0 Å². The highest BCUT2D eigenvalue weighted by atomic mass is 79.9. The van der Waals surface area contributed by atoms with Gasteiger partial charge in [-0.25, -0.2) is 0 Å². The second-order valence-electron chi connectivity index (χ2n) is 3.61. The lowest BCUT2D eigenvalue weighted by Crippen LogP contribution is -1.98. The van der Waals surface area contributed by atoms with Crippen molar-refractivity contribution in [2.24, 2.45) is 0 Å². The minimum absolute atomic E-state index is 0.550. The Bertz CT molecular complexity index is 461. The molecule has 0 fully saturated rings. The van der Waals surface area contributed by atoms with Crippen LogP contribution in [0, 0.1) is 0 Å². The molecule has 1 unspecified atom stereocenters. The predicted molar refractivity (Wildman–Crippen MR) is 68.8 cm³/mol. The van der Waals surface area contributed by atoms with Gasteiger partial charge in [0.15, 0.2) is 0 Å². The Morgan fingerprint density at radius 3 is 2.88 bits per heavy atom. The van der Waals surface area contributed by atoms with Crippen molar-refractivity contribution in [3.8, 4) is 0 Å². The minimum atomic E-state index is -0.550. The summed E-state index contributed by atoms with van der Waals surface area (Å²) in [5.41, 5.74) is 0. The highest BCUT2D eigenvalue weighted by Crippen LogP contribution is 2.26. The largest absolute Gasteiger partial charge is 0.463 e. The van der Waals surface area contributed by atoms with Gasteiger partial charge in [-0.2, -0.15) is 0 Å². The van der Waals surface area contributed by atoms with E-state index in [4.69, 9.17) is 4.42 Å². The molecule has 2 aromatic heterocycles. The number of thiophene rings is 1. The van der Waals surface area contributed by atoms with Crippen molar-refractivity contribution in [3.05, 3.63) is 44.4 Å². The average molecular weight is 301 g/mol. The lowest BCUT2D eigenvalue weighted by atomic mass is 10.2. The van der Waals surface area contributed by atoms with Crippen LogP contribution in [0.5, 0.6) is 0 Å². The molecule has 86 valence electrons. The van der Waals surface area contributed by atoms with Crippen LogP contribution < -0.4 is 0 Å². The molecular formula is C12H13BrO2S. The van der Waals surface area contributed by atoms with E-state index in [2.05, 4.69) is 15.9 Å². The Kier molecular flexibility index (Phi) is 3.84. The molecule has 2 heterocycles. The van der Waals surface area contributed by atoms with Crippen LogP contribution in [0.2, 0.25) is 0 Å². The Morgan fingerprint density at radius 2 is 2.31 bits per heavy atom. The molecule has 0 amide bonds. The zero-order chi connectivity index (χ0) is 11.5. The third-order valence-electron chi connectivity index (χ3n) is 2.38. The summed E-state index contributed by atoms with van der Waals surface area (Å²) in [6.45, 7) is 2.03. The maximum absolute atomic E-state index is 9.99. The fourth-order valence-electron chi connectivity index (χ4n) is 1.52. The van der Waals surface area contributed by atoms with Crippen molar-refractivity contribution in [1.82, 2.24) is 0 Å². The maximum Gasteiger partial charge on any atom is 0.133 e. The van der Waals surface area contributed by atoms with Crippen molar-refractivity contribution < 1.29 is 9.52 Å². The summed E-state index contributed by atoms with van der Waals surface area (Å²) in [7, 11) is 0. The number of aryl methyl sites for hydroxylation is 1. The summed E-state index contributed by atoms with van der Waals surface area (Å²) in [5.74, 6) is 1.57. The Morgan fingerprint density at radius 1 is 1.50 bits per heavy atom. The topological polar surface area (TPSA) is 33.4 Å². The molecule has 0 radical (unpaired) electrons. The standard InChI is InChI=1S/C12H13BrO2S/c1-2-9-3-4-12(15-9)11(14)6-10-5-8(13)7-16-10/h3-5,7,11,14H,2,6H2,1H3. The van der Waals surface area contributed by atoms with E-state index >= 15 is 0 Å². The van der Waals surface area contributed by atoms with Gasteiger partial charge in [0.2, 0.25) is 0 Å². The predicted octanol–water partition coefficient (Wildman–Crippen LogP) is 3.94. The van der Waals surface area contributed by atoms with Gasteiger partial charge in [-0.05, 0) is 34.1 Å². The molecule has 2 rings (SSSR count). The summed E-state index contributed by atoms with van der Waals surface area (Å²) in [6.07, 6.45) is 0.912. The van der Waals surface area contributed by atoms with Gasteiger partial charge in [0.25, 0.3) is 0 Å². The molecule has 0 saturated carbocycles. The van der Waals surface area contributed by atoms with Gasteiger partial charge >= 0.3 is 0 Å². The summed E-state index contributed by atoms with van der Waals surface area (Å²) >= 11 is 5.04. The van der Waals surface area contributed by atoms with Crippen LogP contribution in [-0.2, 0) is 12.8 Å². The van der Waals surface area contributed by atoms with Crippen molar-refractivity contribution >= 4 is 27.3 Å². The Labute approximate surface area is 107 Å². The van der Waals surface area contributed by atoms with Crippen molar-refractivity contribution in [1.29, 1.82) is 0 Å².